The van der Waals surface area contributed by atoms with Crippen LogP contribution < -0.4 is 0 Å². The van der Waals surface area contributed by atoms with Crippen molar-refractivity contribution < 1.29 is 14.7 Å². The molecule has 0 aliphatic heterocycles. The number of aryl methyl sites for hydroxylation is 1. The van der Waals surface area contributed by atoms with E-state index in [1.807, 2.05) is 38.1 Å². The van der Waals surface area contributed by atoms with E-state index in [1.54, 1.807) is 0 Å². The third kappa shape index (κ3) is 3.16. The van der Waals surface area contributed by atoms with E-state index in [-0.39, 0.29) is 12.2 Å². The summed E-state index contributed by atoms with van der Waals surface area (Å²) < 4.78 is 0. The minimum absolute atomic E-state index is 0.00241. The number of rotatable bonds is 5. The second kappa shape index (κ2) is 5.13. The molecule has 1 aromatic rings. The van der Waals surface area contributed by atoms with Gasteiger partial charge in [-0.2, -0.15) is 0 Å². The highest BCUT2D eigenvalue weighted by atomic mass is 16.4. The minimum atomic E-state index is -0.871. The zero-order chi connectivity index (χ0) is 13.1. The van der Waals surface area contributed by atoms with Crippen LogP contribution in [0.15, 0.2) is 24.3 Å². The molecular formula is C14H18O3. The predicted molar refractivity (Wildman–Crippen MR) is 66.1 cm³/mol. The van der Waals surface area contributed by atoms with Gasteiger partial charge >= 0.3 is 5.97 Å². The largest absolute Gasteiger partial charge is 0.481 e. The van der Waals surface area contributed by atoms with E-state index >= 15 is 0 Å². The molecule has 1 aromatic carbocycles. The van der Waals surface area contributed by atoms with Crippen molar-refractivity contribution in [2.45, 2.75) is 39.0 Å². The Morgan fingerprint density at radius 1 is 1.24 bits per heavy atom. The van der Waals surface area contributed by atoms with Crippen molar-refractivity contribution in [1.82, 2.24) is 0 Å². The maximum Gasteiger partial charge on any atom is 0.303 e. The van der Waals surface area contributed by atoms with Gasteiger partial charge in [0.2, 0.25) is 0 Å². The van der Waals surface area contributed by atoms with Crippen LogP contribution in [0.5, 0.6) is 0 Å². The molecule has 0 aromatic heterocycles. The van der Waals surface area contributed by atoms with E-state index in [9.17, 15) is 9.59 Å². The number of carbonyl (C=O) groups excluding carboxylic acids is 1. The van der Waals surface area contributed by atoms with E-state index < -0.39 is 11.4 Å². The van der Waals surface area contributed by atoms with Crippen LogP contribution in [0, 0.1) is 6.92 Å². The van der Waals surface area contributed by atoms with Crippen LogP contribution >= 0.6 is 0 Å². The lowest BCUT2D eigenvalue weighted by Crippen LogP contribution is -2.31. The Bertz CT molecular complexity index is 420. The third-order valence-electron chi connectivity index (χ3n) is 3.30. The number of carboxylic acids is 1. The number of ketones is 1. The van der Waals surface area contributed by atoms with Crippen molar-refractivity contribution in [3.05, 3.63) is 35.4 Å². The Morgan fingerprint density at radius 3 is 2.18 bits per heavy atom. The number of Topliss-reactive ketones (excluding diaryl/α,β-unsaturated/α-hetero) is 1. The molecule has 0 spiro atoms. The standard InChI is InChI=1S/C14H18O3/c1-10-4-6-12(7-5-10)14(3,11(2)15)9-8-13(16)17/h4-7H,8-9H2,1-3H3,(H,16,17). The highest BCUT2D eigenvalue weighted by Crippen LogP contribution is 2.30. The molecule has 0 bridgehead atoms. The van der Waals surface area contributed by atoms with Crippen molar-refractivity contribution in [2.24, 2.45) is 0 Å². The molecule has 0 heterocycles. The third-order valence-corrected chi connectivity index (χ3v) is 3.30. The Morgan fingerprint density at radius 2 is 1.76 bits per heavy atom. The topological polar surface area (TPSA) is 54.4 Å². The first-order chi connectivity index (χ1) is 7.86. The lowest BCUT2D eigenvalue weighted by atomic mass is 9.75. The van der Waals surface area contributed by atoms with Gasteiger partial charge in [0.05, 0.1) is 5.41 Å². The maximum atomic E-state index is 11.8. The van der Waals surface area contributed by atoms with Gasteiger partial charge in [-0.05, 0) is 32.8 Å². The van der Waals surface area contributed by atoms with Gasteiger partial charge in [-0.1, -0.05) is 29.8 Å². The summed E-state index contributed by atoms with van der Waals surface area (Å²) in [5, 5.41) is 8.74. The number of hydrogen-bond acceptors (Lipinski definition) is 2. The Hall–Kier alpha value is -1.64. The summed E-state index contributed by atoms with van der Waals surface area (Å²) in [6.07, 6.45) is 0.338. The van der Waals surface area contributed by atoms with Crippen molar-refractivity contribution in [2.75, 3.05) is 0 Å². The average molecular weight is 234 g/mol. The van der Waals surface area contributed by atoms with Crippen LogP contribution in [0.4, 0.5) is 0 Å². The lowest BCUT2D eigenvalue weighted by Gasteiger charge is -2.26. The minimum Gasteiger partial charge on any atom is -0.481 e. The number of carboxylic acid groups (broad SMARTS) is 1. The van der Waals surface area contributed by atoms with Crippen LogP contribution in [0.25, 0.3) is 0 Å². The first-order valence-electron chi connectivity index (χ1n) is 5.66. The molecule has 17 heavy (non-hydrogen) atoms. The van der Waals surface area contributed by atoms with Crippen LogP contribution in [0.1, 0.15) is 37.8 Å². The molecule has 0 fully saturated rings. The van der Waals surface area contributed by atoms with Gasteiger partial charge in [0, 0.05) is 6.42 Å². The molecule has 1 unspecified atom stereocenters. The first kappa shape index (κ1) is 13.4. The molecule has 1 atom stereocenters. The van der Waals surface area contributed by atoms with Gasteiger partial charge in [0.1, 0.15) is 5.78 Å². The monoisotopic (exact) mass is 234 g/mol. The molecule has 3 nitrogen and oxygen atoms in total. The van der Waals surface area contributed by atoms with Crippen molar-refractivity contribution in [3.8, 4) is 0 Å². The van der Waals surface area contributed by atoms with E-state index in [2.05, 4.69) is 0 Å². The molecule has 0 saturated carbocycles. The average Bonchev–Trinajstić information content (AvgIpc) is 2.26. The molecule has 0 aliphatic rings. The fraction of sp³-hybridized carbons (Fsp3) is 0.429. The van der Waals surface area contributed by atoms with Crippen molar-refractivity contribution in [3.63, 3.8) is 0 Å². The van der Waals surface area contributed by atoms with Gasteiger partial charge in [0.25, 0.3) is 0 Å². The highest BCUT2D eigenvalue weighted by molar-refractivity contribution is 5.88. The zero-order valence-corrected chi connectivity index (χ0v) is 10.5. The SMILES string of the molecule is CC(=O)C(C)(CCC(=O)O)c1ccc(C)cc1. The molecule has 0 aliphatic carbocycles. The summed E-state index contributed by atoms with van der Waals surface area (Å²) in [4.78, 5) is 22.4. The lowest BCUT2D eigenvalue weighted by molar-refractivity contribution is -0.137. The second-order valence-corrected chi connectivity index (χ2v) is 4.65. The molecular weight excluding hydrogens is 216 g/mol. The van der Waals surface area contributed by atoms with Crippen molar-refractivity contribution in [1.29, 1.82) is 0 Å². The Balaban J connectivity index is 3.02. The molecule has 1 N–H and O–H groups in total. The second-order valence-electron chi connectivity index (χ2n) is 4.65. The van der Waals surface area contributed by atoms with Crippen LogP contribution in [0.3, 0.4) is 0 Å². The molecule has 0 radical (unpaired) electrons. The molecule has 92 valence electrons. The van der Waals surface area contributed by atoms with Crippen LogP contribution in [0.2, 0.25) is 0 Å². The van der Waals surface area contributed by atoms with Crippen LogP contribution in [-0.2, 0) is 15.0 Å². The van der Waals surface area contributed by atoms with Gasteiger partial charge in [-0.15, -0.1) is 0 Å². The quantitative estimate of drug-likeness (QED) is 0.852. The molecule has 3 heteroatoms. The normalized spacial score (nSPS) is 14.1. The predicted octanol–water partition coefficient (Wildman–Crippen LogP) is 2.71. The number of carbonyl (C=O) groups is 2. The fourth-order valence-corrected chi connectivity index (χ4v) is 1.80. The van der Waals surface area contributed by atoms with E-state index in [0.29, 0.717) is 6.42 Å². The Labute approximate surface area is 101 Å². The summed E-state index contributed by atoms with van der Waals surface area (Å²) in [5.41, 5.74) is 1.31. The van der Waals surface area contributed by atoms with Crippen molar-refractivity contribution >= 4 is 11.8 Å². The summed E-state index contributed by atoms with van der Waals surface area (Å²) in [5.74, 6) is -0.868. The summed E-state index contributed by atoms with van der Waals surface area (Å²) in [6.45, 7) is 5.30. The molecule has 0 saturated heterocycles. The van der Waals surface area contributed by atoms with E-state index in [4.69, 9.17) is 5.11 Å². The summed E-state index contributed by atoms with van der Waals surface area (Å²) >= 11 is 0. The number of benzene rings is 1. The summed E-state index contributed by atoms with van der Waals surface area (Å²) in [6, 6.07) is 7.69. The molecule has 1 rings (SSSR count). The smallest absolute Gasteiger partial charge is 0.303 e. The summed E-state index contributed by atoms with van der Waals surface area (Å²) in [7, 11) is 0. The maximum absolute atomic E-state index is 11.8. The van der Waals surface area contributed by atoms with Gasteiger partial charge < -0.3 is 5.11 Å². The highest BCUT2D eigenvalue weighted by Gasteiger charge is 2.32. The van der Waals surface area contributed by atoms with Gasteiger partial charge in [0.15, 0.2) is 0 Å². The van der Waals surface area contributed by atoms with Gasteiger partial charge in [-0.3, -0.25) is 9.59 Å². The molecule has 0 amide bonds. The van der Waals surface area contributed by atoms with Gasteiger partial charge in [-0.25, -0.2) is 0 Å². The number of aliphatic carboxylic acids is 1. The zero-order valence-electron chi connectivity index (χ0n) is 10.5. The van der Waals surface area contributed by atoms with Crippen LogP contribution in [-0.4, -0.2) is 16.9 Å². The Kier molecular flexibility index (Phi) is 4.05. The van der Waals surface area contributed by atoms with E-state index in [1.165, 1.54) is 6.92 Å². The number of hydrogen-bond donors (Lipinski definition) is 1. The van der Waals surface area contributed by atoms with E-state index in [0.717, 1.165) is 11.1 Å². The first-order valence-corrected chi connectivity index (χ1v) is 5.66. The fourth-order valence-electron chi connectivity index (χ4n) is 1.80.